The van der Waals surface area contributed by atoms with E-state index in [0.29, 0.717) is 41.3 Å². The Morgan fingerprint density at radius 2 is 1.83 bits per heavy atom. The Kier molecular flexibility index (Phi) is 4.85. The number of carbonyl (C=O) groups is 3. The second-order valence-corrected chi connectivity index (χ2v) is 7.47. The van der Waals surface area contributed by atoms with Gasteiger partial charge < -0.3 is 19.7 Å². The number of benzene rings is 2. The van der Waals surface area contributed by atoms with Crippen LogP contribution in [0.3, 0.4) is 0 Å². The van der Waals surface area contributed by atoms with Crippen molar-refractivity contribution in [2.24, 2.45) is 0 Å². The number of hydrogen-bond acceptors (Lipinski definition) is 5. The zero-order chi connectivity index (χ0) is 21.5. The summed E-state index contributed by atoms with van der Waals surface area (Å²) >= 11 is 0. The van der Waals surface area contributed by atoms with Gasteiger partial charge >= 0.3 is 0 Å². The molecule has 1 N–H and O–H groups in total. The van der Waals surface area contributed by atoms with Gasteiger partial charge in [0.15, 0.2) is 11.5 Å². The van der Waals surface area contributed by atoms with Gasteiger partial charge in [0.2, 0.25) is 11.8 Å². The summed E-state index contributed by atoms with van der Waals surface area (Å²) in [6, 6.07) is 12.0. The average Bonchev–Trinajstić information content (AvgIpc) is 3.06. The molecule has 0 aromatic heterocycles. The molecule has 2 aromatic carbocycles. The molecule has 8 nitrogen and oxygen atoms in total. The van der Waals surface area contributed by atoms with E-state index in [1.54, 1.807) is 47.4 Å². The molecule has 2 aliphatic rings. The second-order valence-electron chi connectivity index (χ2n) is 7.47. The SMILES string of the molecule is COc1ccc(NC(=O)CN2C(=O)c3ccccc3N3C(=O)CCC23C)cc1OC. The molecule has 1 fully saturated rings. The van der Waals surface area contributed by atoms with E-state index in [-0.39, 0.29) is 24.3 Å². The number of anilines is 2. The summed E-state index contributed by atoms with van der Waals surface area (Å²) in [5.74, 6) is 0.350. The lowest BCUT2D eigenvalue weighted by atomic mass is 9.98. The largest absolute Gasteiger partial charge is 0.493 e. The summed E-state index contributed by atoms with van der Waals surface area (Å²) in [6.45, 7) is 1.65. The van der Waals surface area contributed by atoms with Crippen molar-refractivity contribution in [2.75, 3.05) is 31.0 Å². The molecule has 1 atom stereocenters. The number of fused-ring (bicyclic) bond motifs is 3. The molecule has 0 aliphatic carbocycles. The second kappa shape index (κ2) is 7.37. The maximum atomic E-state index is 13.2. The highest BCUT2D eigenvalue weighted by molar-refractivity contribution is 6.11. The van der Waals surface area contributed by atoms with Crippen LogP contribution in [-0.2, 0) is 9.59 Å². The van der Waals surface area contributed by atoms with Gasteiger partial charge in [-0.05, 0) is 37.6 Å². The quantitative estimate of drug-likeness (QED) is 0.820. The summed E-state index contributed by atoms with van der Waals surface area (Å²) in [6.07, 6.45) is 0.793. The van der Waals surface area contributed by atoms with Crippen molar-refractivity contribution < 1.29 is 23.9 Å². The number of nitrogens with zero attached hydrogens (tertiary/aromatic N) is 2. The fourth-order valence-corrected chi connectivity index (χ4v) is 4.20. The molecule has 30 heavy (non-hydrogen) atoms. The average molecular weight is 409 g/mol. The van der Waals surface area contributed by atoms with Gasteiger partial charge in [0.25, 0.3) is 5.91 Å². The Morgan fingerprint density at radius 3 is 2.57 bits per heavy atom. The predicted molar refractivity (Wildman–Crippen MR) is 111 cm³/mol. The summed E-state index contributed by atoms with van der Waals surface area (Å²) in [5, 5.41) is 2.80. The molecule has 3 amide bonds. The highest BCUT2D eigenvalue weighted by Gasteiger charge is 2.53. The molecule has 2 aliphatic heterocycles. The molecular weight excluding hydrogens is 386 g/mol. The van der Waals surface area contributed by atoms with E-state index in [9.17, 15) is 14.4 Å². The predicted octanol–water partition coefficient (Wildman–Crippen LogP) is 2.64. The molecule has 1 unspecified atom stereocenters. The minimum atomic E-state index is -0.878. The van der Waals surface area contributed by atoms with Crippen molar-refractivity contribution >= 4 is 29.1 Å². The first-order chi connectivity index (χ1) is 14.4. The van der Waals surface area contributed by atoms with Crippen LogP contribution in [0.2, 0.25) is 0 Å². The highest BCUT2D eigenvalue weighted by Crippen LogP contribution is 2.43. The monoisotopic (exact) mass is 409 g/mol. The highest BCUT2D eigenvalue weighted by atomic mass is 16.5. The smallest absolute Gasteiger partial charge is 0.258 e. The van der Waals surface area contributed by atoms with Gasteiger partial charge in [0.05, 0.1) is 25.5 Å². The van der Waals surface area contributed by atoms with Crippen molar-refractivity contribution in [1.29, 1.82) is 0 Å². The first-order valence-electron chi connectivity index (χ1n) is 9.65. The lowest BCUT2D eigenvalue weighted by Crippen LogP contribution is -2.63. The number of rotatable bonds is 5. The van der Waals surface area contributed by atoms with Gasteiger partial charge in [-0.1, -0.05) is 12.1 Å². The van der Waals surface area contributed by atoms with Gasteiger partial charge in [-0.15, -0.1) is 0 Å². The van der Waals surface area contributed by atoms with Crippen LogP contribution < -0.4 is 19.7 Å². The third-order valence-corrected chi connectivity index (χ3v) is 5.71. The number of para-hydroxylation sites is 1. The minimum Gasteiger partial charge on any atom is -0.493 e. The molecular formula is C22H23N3O5. The van der Waals surface area contributed by atoms with Gasteiger partial charge in [-0.3, -0.25) is 19.3 Å². The Hall–Kier alpha value is -3.55. The molecule has 8 heteroatoms. The summed E-state index contributed by atoms with van der Waals surface area (Å²) < 4.78 is 10.5. The fraction of sp³-hybridized carbons (Fsp3) is 0.318. The van der Waals surface area contributed by atoms with Crippen LogP contribution in [-0.4, -0.2) is 49.0 Å². The Bertz CT molecular complexity index is 1040. The summed E-state index contributed by atoms with van der Waals surface area (Å²) in [7, 11) is 3.05. The third kappa shape index (κ3) is 3.04. The minimum absolute atomic E-state index is 0.0530. The number of carbonyl (C=O) groups excluding carboxylic acids is 3. The van der Waals surface area contributed by atoms with Crippen LogP contribution >= 0.6 is 0 Å². The molecule has 0 radical (unpaired) electrons. The number of amides is 3. The van der Waals surface area contributed by atoms with Crippen LogP contribution in [0.15, 0.2) is 42.5 Å². The van der Waals surface area contributed by atoms with Gasteiger partial charge in [-0.25, -0.2) is 0 Å². The normalized spacial score (nSPS) is 20.0. The lowest BCUT2D eigenvalue weighted by molar-refractivity contribution is -0.120. The molecule has 0 spiro atoms. The van der Waals surface area contributed by atoms with E-state index < -0.39 is 5.66 Å². The molecule has 156 valence electrons. The van der Waals surface area contributed by atoms with Crippen molar-refractivity contribution in [2.45, 2.75) is 25.4 Å². The van der Waals surface area contributed by atoms with E-state index in [4.69, 9.17) is 9.47 Å². The molecule has 2 heterocycles. The Labute approximate surface area is 174 Å². The van der Waals surface area contributed by atoms with E-state index >= 15 is 0 Å². The fourth-order valence-electron chi connectivity index (χ4n) is 4.20. The zero-order valence-corrected chi connectivity index (χ0v) is 17.1. The van der Waals surface area contributed by atoms with Crippen LogP contribution in [0.1, 0.15) is 30.1 Å². The summed E-state index contributed by atoms with van der Waals surface area (Å²) in [4.78, 5) is 41.8. The topological polar surface area (TPSA) is 88.2 Å². The van der Waals surface area contributed by atoms with Crippen LogP contribution in [0.5, 0.6) is 11.5 Å². The van der Waals surface area contributed by atoms with Crippen LogP contribution in [0.4, 0.5) is 11.4 Å². The van der Waals surface area contributed by atoms with E-state index in [1.807, 2.05) is 6.92 Å². The lowest BCUT2D eigenvalue weighted by Gasteiger charge is -2.48. The molecule has 0 bridgehead atoms. The van der Waals surface area contributed by atoms with Gasteiger partial charge in [0.1, 0.15) is 12.2 Å². The van der Waals surface area contributed by atoms with Gasteiger partial charge in [-0.2, -0.15) is 0 Å². The van der Waals surface area contributed by atoms with Crippen LogP contribution in [0, 0.1) is 0 Å². The Balaban J connectivity index is 1.60. The van der Waals surface area contributed by atoms with Crippen molar-refractivity contribution in [1.82, 2.24) is 4.90 Å². The standard InChI is InChI=1S/C22H23N3O5/c1-22-11-10-20(27)25(22)16-7-5-4-6-15(16)21(28)24(22)13-19(26)23-14-8-9-17(29-2)18(12-14)30-3/h4-9,12H,10-11,13H2,1-3H3,(H,23,26). The van der Waals surface area contributed by atoms with Crippen molar-refractivity contribution in [3.8, 4) is 11.5 Å². The van der Waals surface area contributed by atoms with Crippen molar-refractivity contribution in [3.63, 3.8) is 0 Å². The first-order valence-corrected chi connectivity index (χ1v) is 9.65. The maximum absolute atomic E-state index is 13.2. The number of hydrogen-bond donors (Lipinski definition) is 1. The maximum Gasteiger partial charge on any atom is 0.258 e. The summed E-state index contributed by atoms with van der Waals surface area (Å²) in [5.41, 5.74) is 0.664. The van der Waals surface area contributed by atoms with Crippen LogP contribution in [0.25, 0.3) is 0 Å². The Morgan fingerprint density at radius 1 is 1.10 bits per heavy atom. The first kappa shape index (κ1) is 19.8. The number of ether oxygens (including phenoxy) is 2. The van der Waals surface area contributed by atoms with E-state index in [2.05, 4.69) is 5.32 Å². The molecule has 1 saturated heterocycles. The number of methoxy groups -OCH3 is 2. The molecule has 4 rings (SSSR count). The van der Waals surface area contributed by atoms with Crippen molar-refractivity contribution in [3.05, 3.63) is 48.0 Å². The molecule has 2 aromatic rings. The third-order valence-electron chi connectivity index (χ3n) is 5.71. The van der Waals surface area contributed by atoms with E-state index in [1.165, 1.54) is 19.1 Å². The zero-order valence-electron chi connectivity index (χ0n) is 17.1. The molecule has 0 saturated carbocycles. The van der Waals surface area contributed by atoms with E-state index in [0.717, 1.165) is 0 Å². The number of nitrogens with one attached hydrogen (secondary N) is 1. The van der Waals surface area contributed by atoms with Gasteiger partial charge in [0, 0.05) is 18.2 Å².